The van der Waals surface area contributed by atoms with Crippen LogP contribution in [-0.4, -0.2) is 29.1 Å². The van der Waals surface area contributed by atoms with Crippen molar-refractivity contribution < 1.29 is 9.32 Å². The van der Waals surface area contributed by atoms with Crippen molar-refractivity contribution >= 4 is 5.91 Å². The Morgan fingerprint density at radius 3 is 2.76 bits per heavy atom. The maximum atomic E-state index is 12.3. The molecule has 0 spiro atoms. The normalized spacial score (nSPS) is 14.4. The minimum absolute atomic E-state index is 0.0638. The number of rotatable bonds is 4. The van der Waals surface area contributed by atoms with E-state index in [0.29, 0.717) is 29.5 Å². The van der Waals surface area contributed by atoms with E-state index in [9.17, 15) is 4.79 Å². The SMILES string of the molecule is C#CCN(CC1CC1)C(=O)c1c(C)noc1C. The zero-order valence-electron chi connectivity index (χ0n) is 10.2. The molecule has 4 nitrogen and oxygen atoms in total. The molecular weight excluding hydrogens is 216 g/mol. The third-order valence-electron chi connectivity index (χ3n) is 2.99. The van der Waals surface area contributed by atoms with E-state index < -0.39 is 0 Å². The quantitative estimate of drug-likeness (QED) is 0.743. The van der Waals surface area contributed by atoms with Crippen molar-refractivity contribution in [3.05, 3.63) is 17.0 Å². The van der Waals surface area contributed by atoms with Crippen LogP contribution in [0.25, 0.3) is 0 Å². The summed E-state index contributed by atoms with van der Waals surface area (Å²) in [7, 11) is 0. The lowest BCUT2D eigenvalue weighted by Gasteiger charge is -2.19. The van der Waals surface area contributed by atoms with Gasteiger partial charge in [0.2, 0.25) is 0 Å². The minimum Gasteiger partial charge on any atom is -0.361 e. The zero-order valence-corrected chi connectivity index (χ0v) is 10.2. The molecule has 0 aliphatic heterocycles. The molecule has 1 amide bonds. The summed E-state index contributed by atoms with van der Waals surface area (Å²) in [5, 5.41) is 3.80. The lowest BCUT2D eigenvalue weighted by atomic mass is 10.1. The Morgan fingerprint density at radius 2 is 2.29 bits per heavy atom. The van der Waals surface area contributed by atoms with Crippen LogP contribution in [0.4, 0.5) is 0 Å². The molecule has 1 heterocycles. The molecular formula is C13H16N2O2. The molecule has 1 aliphatic carbocycles. The Bertz CT molecular complexity index is 447. The van der Waals surface area contributed by atoms with Crippen LogP contribution in [0.3, 0.4) is 0 Å². The summed E-state index contributed by atoms with van der Waals surface area (Å²) < 4.78 is 5.02. The molecule has 1 aliphatic rings. The summed E-state index contributed by atoms with van der Waals surface area (Å²) >= 11 is 0. The molecule has 0 N–H and O–H groups in total. The second-order valence-electron chi connectivity index (χ2n) is 4.53. The van der Waals surface area contributed by atoms with Gasteiger partial charge < -0.3 is 9.42 Å². The highest BCUT2D eigenvalue weighted by atomic mass is 16.5. The van der Waals surface area contributed by atoms with Crippen LogP contribution in [0.2, 0.25) is 0 Å². The van der Waals surface area contributed by atoms with Crippen molar-refractivity contribution in [2.75, 3.05) is 13.1 Å². The van der Waals surface area contributed by atoms with Gasteiger partial charge in [-0.1, -0.05) is 11.1 Å². The van der Waals surface area contributed by atoms with E-state index in [1.54, 1.807) is 18.7 Å². The number of nitrogens with zero attached hydrogens (tertiary/aromatic N) is 2. The smallest absolute Gasteiger partial charge is 0.260 e. The predicted octanol–water partition coefficient (Wildman–Crippen LogP) is 1.78. The summed E-state index contributed by atoms with van der Waals surface area (Å²) in [5.74, 6) is 3.65. The average Bonchev–Trinajstić information content (AvgIpc) is 3.04. The van der Waals surface area contributed by atoms with Gasteiger partial charge in [0.25, 0.3) is 5.91 Å². The molecule has 0 unspecified atom stereocenters. The van der Waals surface area contributed by atoms with Crippen molar-refractivity contribution in [1.82, 2.24) is 10.1 Å². The van der Waals surface area contributed by atoms with Gasteiger partial charge in [-0.25, -0.2) is 0 Å². The molecule has 17 heavy (non-hydrogen) atoms. The maximum absolute atomic E-state index is 12.3. The van der Waals surface area contributed by atoms with Gasteiger partial charge in [0.05, 0.1) is 12.2 Å². The first-order valence-corrected chi connectivity index (χ1v) is 5.79. The second kappa shape index (κ2) is 4.62. The Hall–Kier alpha value is -1.76. The molecule has 1 aromatic rings. The van der Waals surface area contributed by atoms with Crippen molar-refractivity contribution in [2.24, 2.45) is 5.92 Å². The fourth-order valence-electron chi connectivity index (χ4n) is 1.89. The zero-order chi connectivity index (χ0) is 12.4. The average molecular weight is 232 g/mol. The summed E-state index contributed by atoms with van der Waals surface area (Å²) in [6, 6.07) is 0. The van der Waals surface area contributed by atoms with Crippen LogP contribution in [0.15, 0.2) is 4.52 Å². The number of carbonyl (C=O) groups is 1. The van der Waals surface area contributed by atoms with E-state index in [1.165, 1.54) is 12.8 Å². The summed E-state index contributed by atoms with van der Waals surface area (Å²) in [6.45, 7) is 4.61. The van der Waals surface area contributed by atoms with E-state index in [1.807, 2.05) is 0 Å². The summed E-state index contributed by atoms with van der Waals surface area (Å²) in [5.41, 5.74) is 1.19. The van der Waals surface area contributed by atoms with Crippen molar-refractivity contribution in [3.63, 3.8) is 0 Å². The monoisotopic (exact) mass is 232 g/mol. The highest BCUT2D eigenvalue weighted by Crippen LogP contribution is 2.30. The number of aromatic nitrogens is 1. The molecule has 0 atom stereocenters. The molecule has 1 fully saturated rings. The van der Waals surface area contributed by atoms with Crippen LogP contribution in [0.5, 0.6) is 0 Å². The van der Waals surface area contributed by atoms with Crippen LogP contribution >= 0.6 is 0 Å². The van der Waals surface area contributed by atoms with Gasteiger partial charge in [-0.2, -0.15) is 0 Å². The van der Waals surface area contributed by atoms with E-state index in [2.05, 4.69) is 11.1 Å². The number of amides is 1. The van der Waals surface area contributed by atoms with Crippen molar-refractivity contribution in [2.45, 2.75) is 26.7 Å². The Kier molecular flexibility index (Phi) is 3.19. The molecule has 0 aromatic carbocycles. The molecule has 1 aromatic heterocycles. The van der Waals surface area contributed by atoms with Gasteiger partial charge >= 0.3 is 0 Å². The van der Waals surface area contributed by atoms with E-state index in [4.69, 9.17) is 10.9 Å². The molecule has 90 valence electrons. The minimum atomic E-state index is -0.0638. The first kappa shape index (κ1) is 11.7. The number of terminal acetylenes is 1. The van der Waals surface area contributed by atoms with Gasteiger partial charge in [-0.3, -0.25) is 4.79 Å². The van der Waals surface area contributed by atoms with E-state index in [-0.39, 0.29) is 5.91 Å². The second-order valence-corrected chi connectivity index (χ2v) is 4.53. The highest BCUT2D eigenvalue weighted by molar-refractivity contribution is 5.96. The van der Waals surface area contributed by atoms with Crippen LogP contribution in [0, 0.1) is 32.1 Å². The Labute approximate surface area is 101 Å². The fourth-order valence-corrected chi connectivity index (χ4v) is 1.89. The highest BCUT2D eigenvalue weighted by Gasteiger charge is 2.29. The lowest BCUT2D eigenvalue weighted by molar-refractivity contribution is 0.0767. The molecule has 1 saturated carbocycles. The first-order valence-electron chi connectivity index (χ1n) is 5.79. The molecule has 0 bridgehead atoms. The van der Waals surface area contributed by atoms with Gasteiger partial charge in [0.15, 0.2) is 0 Å². The third kappa shape index (κ3) is 2.50. The maximum Gasteiger partial charge on any atom is 0.260 e. The molecule has 0 saturated heterocycles. The van der Waals surface area contributed by atoms with Crippen molar-refractivity contribution in [3.8, 4) is 12.3 Å². The number of aryl methyl sites for hydroxylation is 2. The lowest BCUT2D eigenvalue weighted by Crippen LogP contribution is -2.33. The summed E-state index contributed by atoms with van der Waals surface area (Å²) in [6.07, 6.45) is 7.69. The topological polar surface area (TPSA) is 46.3 Å². The number of hydrogen-bond donors (Lipinski definition) is 0. The van der Waals surface area contributed by atoms with Gasteiger partial charge in [0, 0.05) is 6.54 Å². The van der Waals surface area contributed by atoms with Crippen LogP contribution < -0.4 is 0 Å². The largest absolute Gasteiger partial charge is 0.361 e. The Balaban J connectivity index is 2.17. The standard InChI is InChI=1S/C13H16N2O2/c1-4-7-15(8-11-5-6-11)13(16)12-9(2)14-17-10(12)3/h1,11H,5-8H2,2-3H3. The molecule has 4 heteroatoms. The number of carbonyl (C=O) groups excluding carboxylic acids is 1. The molecule has 2 rings (SSSR count). The van der Waals surface area contributed by atoms with E-state index in [0.717, 1.165) is 6.54 Å². The molecule has 0 radical (unpaired) electrons. The third-order valence-corrected chi connectivity index (χ3v) is 2.99. The number of hydrogen-bond acceptors (Lipinski definition) is 3. The van der Waals surface area contributed by atoms with Gasteiger partial charge in [-0.05, 0) is 32.6 Å². The van der Waals surface area contributed by atoms with Crippen LogP contribution in [0.1, 0.15) is 34.7 Å². The Morgan fingerprint density at radius 1 is 1.59 bits per heavy atom. The fraction of sp³-hybridized carbons (Fsp3) is 0.538. The van der Waals surface area contributed by atoms with E-state index >= 15 is 0 Å². The van der Waals surface area contributed by atoms with Gasteiger partial charge in [-0.15, -0.1) is 6.42 Å². The van der Waals surface area contributed by atoms with Crippen LogP contribution in [-0.2, 0) is 0 Å². The van der Waals surface area contributed by atoms with Gasteiger partial charge in [0.1, 0.15) is 11.3 Å². The predicted molar refractivity (Wildman–Crippen MR) is 63.4 cm³/mol. The van der Waals surface area contributed by atoms with Crippen molar-refractivity contribution in [1.29, 1.82) is 0 Å². The summed E-state index contributed by atoms with van der Waals surface area (Å²) in [4.78, 5) is 14.0. The first-order chi connectivity index (χ1) is 8.13.